The first-order valence-electron chi connectivity index (χ1n) is 7.48. The van der Waals surface area contributed by atoms with Gasteiger partial charge >= 0.3 is 0 Å². The summed E-state index contributed by atoms with van der Waals surface area (Å²) in [6, 6.07) is 0. The zero-order valence-corrected chi connectivity index (χ0v) is 11.6. The number of hydrogen-bond donors (Lipinski definition) is 1. The second-order valence-corrected chi connectivity index (χ2v) is 6.49. The van der Waals surface area contributed by atoms with Crippen molar-refractivity contribution in [3.63, 3.8) is 0 Å². The van der Waals surface area contributed by atoms with Gasteiger partial charge in [-0.2, -0.15) is 0 Å². The van der Waals surface area contributed by atoms with E-state index in [4.69, 9.17) is 10.5 Å². The largest absolute Gasteiger partial charge is 0.375 e. The van der Waals surface area contributed by atoms with Crippen LogP contribution in [0.1, 0.15) is 65.2 Å². The Bertz CT molecular complexity index is 236. The Labute approximate surface area is 106 Å². The maximum absolute atomic E-state index is 6.18. The van der Waals surface area contributed by atoms with Crippen molar-refractivity contribution in [2.75, 3.05) is 13.2 Å². The van der Waals surface area contributed by atoms with Crippen LogP contribution in [-0.2, 0) is 4.74 Å². The molecule has 2 nitrogen and oxygen atoms in total. The third-order valence-electron chi connectivity index (χ3n) is 5.52. The van der Waals surface area contributed by atoms with Crippen molar-refractivity contribution >= 4 is 0 Å². The lowest BCUT2D eigenvalue weighted by atomic mass is 9.65. The lowest BCUT2D eigenvalue weighted by molar-refractivity contribution is -0.134. The van der Waals surface area contributed by atoms with E-state index in [0.717, 1.165) is 19.1 Å². The standard InChI is InChI=1S/C15H29NO/c1-3-14(2,12-16)13-7-10-17-15(11-13)8-5-4-6-9-15/h13H,3-12,16H2,1-2H3. The molecule has 2 atom stereocenters. The molecule has 2 rings (SSSR count). The summed E-state index contributed by atoms with van der Waals surface area (Å²) in [5.74, 6) is 0.768. The van der Waals surface area contributed by atoms with Crippen LogP contribution in [0.2, 0.25) is 0 Å². The van der Waals surface area contributed by atoms with E-state index in [2.05, 4.69) is 13.8 Å². The molecule has 2 aliphatic rings. The molecule has 1 saturated carbocycles. The van der Waals surface area contributed by atoms with Crippen LogP contribution < -0.4 is 5.73 Å². The van der Waals surface area contributed by atoms with E-state index in [-0.39, 0.29) is 5.60 Å². The van der Waals surface area contributed by atoms with Gasteiger partial charge in [-0.25, -0.2) is 0 Å². The van der Waals surface area contributed by atoms with Gasteiger partial charge in [-0.05, 0) is 50.0 Å². The van der Waals surface area contributed by atoms with E-state index in [1.165, 1.54) is 51.4 Å². The lowest BCUT2D eigenvalue weighted by Crippen LogP contribution is -2.47. The van der Waals surface area contributed by atoms with Crippen LogP contribution in [-0.4, -0.2) is 18.8 Å². The molecule has 0 radical (unpaired) electrons. The second-order valence-electron chi connectivity index (χ2n) is 6.49. The highest BCUT2D eigenvalue weighted by Crippen LogP contribution is 2.46. The van der Waals surface area contributed by atoms with Crippen molar-refractivity contribution in [2.24, 2.45) is 17.1 Å². The maximum Gasteiger partial charge on any atom is 0.0685 e. The average molecular weight is 239 g/mol. The predicted octanol–water partition coefficient (Wildman–Crippen LogP) is 3.49. The summed E-state index contributed by atoms with van der Waals surface area (Å²) in [4.78, 5) is 0. The Morgan fingerprint density at radius 1 is 1.29 bits per heavy atom. The third-order valence-corrected chi connectivity index (χ3v) is 5.52. The summed E-state index contributed by atoms with van der Waals surface area (Å²) < 4.78 is 6.18. The van der Waals surface area contributed by atoms with E-state index >= 15 is 0 Å². The molecule has 17 heavy (non-hydrogen) atoms. The topological polar surface area (TPSA) is 35.2 Å². The highest BCUT2D eigenvalue weighted by atomic mass is 16.5. The summed E-state index contributed by atoms with van der Waals surface area (Å²) >= 11 is 0. The molecule has 0 bridgehead atoms. The minimum absolute atomic E-state index is 0.229. The van der Waals surface area contributed by atoms with Crippen LogP contribution in [0.4, 0.5) is 0 Å². The zero-order valence-electron chi connectivity index (χ0n) is 11.6. The van der Waals surface area contributed by atoms with Crippen LogP contribution in [0, 0.1) is 11.3 Å². The van der Waals surface area contributed by atoms with Crippen molar-refractivity contribution in [3.8, 4) is 0 Å². The summed E-state index contributed by atoms with van der Waals surface area (Å²) in [5, 5.41) is 0. The van der Waals surface area contributed by atoms with Crippen LogP contribution in [0.3, 0.4) is 0 Å². The van der Waals surface area contributed by atoms with E-state index in [9.17, 15) is 0 Å². The molecule has 2 N–H and O–H groups in total. The fourth-order valence-electron chi connectivity index (χ4n) is 3.77. The van der Waals surface area contributed by atoms with Crippen LogP contribution in [0.5, 0.6) is 0 Å². The molecule has 0 amide bonds. The number of rotatable bonds is 3. The smallest absolute Gasteiger partial charge is 0.0685 e. The molecule has 0 aromatic heterocycles. The molecule has 2 heteroatoms. The minimum atomic E-state index is 0.229. The Morgan fingerprint density at radius 3 is 2.59 bits per heavy atom. The maximum atomic E-state index is 6.18. The first-order chi connectivity index (χ1) is 8.14. The normalized spacial score (nSPS) is 32.3. The number of hydrogen-bond acceptors (Lipinski definition) is 2. The van der Waals surface area contributed by atoms with Gasteiger partial charge in [0.15, 0.2) is 0 Å². The second kappa shape index (κ2) is 5.27. The molecule has 100 valence electrons. The highest BCUT2D eigenvalue weighted by molar-refractivity contribution is 4.94. The predicted molar refractivity (Wildman–Crippen MR) is 71.9 cm³/mol. The quantitative estimate of drug-likeness (QED) is 0.818. The van der Waals surface area contributed by atoms with Crippen molar-refractivity contribution in [1.29, 1.82) is 0 Å². The van der Waals surface area contributed by atoms with E-state index in [0.29, 0.717) is 5.41 Å². The van der Waals surface area contributed by atoms with Gasteiger partial charge in [0.05, 0.1) is 5.60 Å². The molecular formula is C15H29NO. The van der Waals surface area contributed by atoms with Gasteiger partial charge in [-0.15, -0.1) is 0 Å². The Kier molecular flexibility index (Phi) is 4.14. The zero-order chi connectivity index (χ0) is 12.4. The number of ether oxygens (including phenoxy) is 1. The van der Waals surface area contributed by atoms with E-state index in [1.54, 1.807) is 0 Å². The first-order valence-corrected chi connectivity index (χ1v) is 7.48. The first kappa shape index (κ1) is 13.4. The summed E-state index contributed by atoms with van der Waals surface area (Å²) in [7, 11) is 0. The van der Waals surface area contributed by atoms with Gasteiger partial charge in [-0.3, -0.25) is 0 Å². The molecule has 2 unspecified atom stereocenters. The molecule has 0 aromatic rings. The fourth-order valence-corrected chi connectivity index (χ4v) is 3.77. The number of nitrogens with two attached hydrogens (primary N) is 1. The molecule has 1 saturated heterocycles. The average Bonchev–Trinajstić information content (AvgIpc) is 2.39. The third kappa shape index (κ3) is 2.68. The van der Waals surface area contributed by atoms with Crippen molar-refractivity contribution in [3.05, 3.63) is 0 Å². The molecule has 1 aliphatic carbocycles. The van der Waals surface area contributed by atoms with Crippen LogP contribution >= 0.6 is 0 Å². The molecule has 2 fully saturated rings. The van der Waals surface area contributed by atoms with E-state index < -0.39 is 0 Å². The Hall–Kier alpha value is -0.0800. The molecule has 1 spiro atoms. The molecule has 1 heterocycles. The monoisotopic (exact) mass is 239 g/mol. The van der Waals surface area contributed by atoms with Crippen LogP contribution in [0.25, 0.3) is 0 Å². The SMILES string of the molecule is CCC(C)(CN)C1CCOC2(CCCCC2)C1. The summed E-state index contributed by atoms with van der Waals surface area (Å²) in [6.45, 7) is 6.44. The van der Waals surface area contributed by atoms with Crippen molar-refractivity contribution in [2.45, 2.75) is 70.8 Å². The Balaban J connectivity index is 2.05. The minimum Gasteiger partial charge on any atom is -0.375 e. The van der Waals surface area contributed by atoms with Crippen LogP contribution in [0.15, 0.2) is 0 Å². The molecular weight excluding hydrogens is 210 g/mol. The summed E-state index contributed by atoms with van der Waals surface area (Å²) in [5.41, 5.74) is 6.58. The van der Waals surface area contributed by atoms with Crippen molar-refractivity contribution < 1.29 is 4.74 Å². The van der Waals surface area contributed by atoms with E-state index in [1.807, 2.05) is 0 Å². The highest BCUT2D eigenvalue weighted by Gasteiger charge is 2.43. The van der Waals surface area contributed by atoms with Gasteiger partial charge < -0.3 is 10.5 Å². The Morgan fingerprint density at radius 2 is 2.00 bits per heavy atom. The molecule has 0 aromatic carbocycles. The van der Waals surface area contributed by atoms with Gasteiger partial charge in [0.2, 0.25) is 0 Å². The fraction of sp³-hybridized carbons (Fsp3) is 1.00. The van der Waals surface area contributed by atoms with Gasteiger partial charge in [0, 0.05) is 6.61 Å². The van der Waals surface area contributed by atoms with Gasteiger partial charge in [0.1, 0.15) is 0 Å². The van der Waals surface area contributed by atoms with Gasteiger partial charge in [-0.1, -0.05) is 33.1 Å². The van der Waals surface area contributed by atoms with Crippen molar-refractivity contribution in [1.82, 2.24) is 0 Å². The lowest BCUT2D eigenvalue weighted by Gasteiger charge is -2.48. The van der Waals surface area contributed by atoms with Gasteiger partial charge in [0.25, 0.3) is 0 Å². The molecule has 1 aliphatic heterocycles. The summed E-state index contributed by atoms with van der Waals surface area (Å²) in [6.07, 6.45) is 10.4.